The molecule has 8 nitrogen and oxygen atoms in total. The molecule has 9 heteroatoms. The molecule has 1 aromatic carbocycles. The molecule has 0 spiro atoms. The second kappa shape index (κ2) is 6.56. The summed E-state index contributed by atoms with van der Waals surface area (Å²) in [6, 6.07) is 5.27. The van der Waals surface area contributed by atoms with Crippen molar-refractivity contribution in [3.05, 3.63) is 29.3 Å². The fraction of sp³-hybridized carbons (Fsp3) is 0.400. The predicted octanol–water partition coefficient (Wildman–Crippen LogP) is 2.16. The minimum absolute atomic E-state index is 0.369. The van der Waals surface area contributed by atoms with E-state index in [1.807, 2.05) is 0 Å². The SMILES string of the molecule is CN(C)C(=O)N(c1ccc(Cl)cc1)C1N(C)C(=O)N(C)C(=O)N1C. The smallest absolute Gasteiger partial charge is 0.330 e. The molecule has 6 amide bonds. The number of carbonyl (C=O) groups is 3. The molecule has 0 saturated carbocycles. The minimum Gasteiger partial charge on any atom is -0.330 e. The highest BCUT2D eigenvalue weighted by atomic mass is 35.5. The first-order chi connectivity index (χ1) is 11.2. The van der Waals surface area contributed by atoms with E-state index in [0.29, 0.717) is 10.7 Å². The number of nitrogens with zero attached hydrogens (tertiary/aromatic N) is 5. The van der Waals surface area contributed by atoms with Crippen LogP contribution < -0.4 is 4.90 Å². The third-order valence-corrected chi connectivity index (χ3v) is 4.05. The van der Waals surface area contributed by atoms with Crippen LogP contribution in [0.3, 0.4) is 0 Å². The topological polar surface area (TPSA) is 67.4 Å². The summed E-state index contributed by atoms with van der Waals surface area (Å²) in [6.45, 7) is 0. The quantitative estimate of drug-likeness (QED) is 0.818. The molecule has 130 valence electrons. The van der Waals surface area contributed by atoms with Crippen LogP contribution in [0.1, 0.15) is 0 Å². The third-order valence-electron chi connectivity index (χ3n) is 3.79. The van der Waals surface area contributed by atoms with Crippen LogP contribution in [0.4, 0.5) is 20.1 Å². The number of urea groups is 3. The van der Waals surface area contributed by atoms with Crippen molar-refractivity contribution < 1.29 is 14.4 Å². The molecule has 1 heterocycles. The summed E-state index contributed by atoms with van der Waals surface area (Å²) < 4.78 is 0. The summed E-state index contributed by atoms with van der Waals surface area (Å²) in [6.07, 6.45) is -0.891. The van der Waals surface area contributed by atoms with Gasteiger partial charge in [-0.2, -0.15) is 0 Å². The Bertz CT molecular complexity index is 642. The van der Waals surface area contributed by atoms with Crippen LogP contribution in [0.25, 0.3) is 0 Å². The molecule has 2 rings (SSSR count). The van der Waals surface area contributed by atoms with Crippen molar-refractivity contribution in [3.63, 3.8) is 0 Å². The Morgan fingerprint density at radius 2 is 1.46 bits per heavy atom. The van der Waals surface area contributed by atoms with Gasteiger partial charge in [-0.05, 0) is 24.3 Å². The standard InChI is InChI=1S/C15H20ClN5O3/c1-17(2)13(22)21(11-8-6-10(16)7-9-11)12-18(3)14(23)20(5)15(24)19(12)4/h6-9,12H,1-5H3. The first-order valence-electron chi connectivity index (χ1n) is 7.20. The number of anilines is 1. The molecular weight excluding hydrogens is 334 g/mol. The Hall–Kier alpha value is -2.48. The van der Waals surface area contributed by atoms with E-state index in [2.05, 4.69) is 0 Å². The molecule has 1 aliphatic rings. The normalized spacial score (nSPS) is 15.8. The first-order valence-corrected chi connectivity index (χ1v) is 7.58. The Balaban J connectivity index is 2.53. The zero-order valence-electron chi connectivity index (χ0n) is 14.2. The van der Waals surface area contributed by atoms with Crippen molar-refractivity contribution in [2.24, 2.45) is 0 Å². The summed E-state index contributed by atoms with van der Waals surface area (Å²) in [7, 11) is 7.68. The van der Waals surface area contributed by atoms with Gasteiger partial charge in [0.25, 0.3) is 0 Å². The lowest BCUT2D eigenvalue weighted by molar-refractivity contribution is 0.0604. The zero-order chi connectivity index (χ0) is 18.2. The van der Waals surface area contributed by atoms with E-state index >= 15 is 0 Å². The largest absolute Gasteiger partial charge is 0.330 e. The summed E-state index contributed by atoms with van der Waals surface area (Å²) in [5.74, 6) is 0. The molecule has 0 aromatic heterocycles. The number of hydrogen-bond acceptors (Lipinski definition) is 3. The van der Waals surface area contributed by atoms with E-state index in [1.165, 1.54) is 40.7 Å². The highest BCUT2D eigenvalue weighted by Gasteiger charge is 2.44. The van der Waals surface area contributed by atoms with Crippen molar-refractivity contribution in [2.75, 3.05) is 40.1 Å². The van der Waals surface area contributed by atoms with Crippen LogP contribution in [0.5, 0.6) is 0 Å². The summed E-state index contributed by atoms with van der Waals surface area (Å²) >= 11 is 5.92. The second-order valence-electron chi connectivity index (χ2n) is 5.72. The van der Waals surface area contributed by atoms with Gasteiger partial charge in [0.05, 0.1) is 0 Å². The van der Waals surface area contributed by atoms with Crippen molar-refractivity contribution in [2.45, 2.75) is 6.29 Å². The average Bonchev–Trinajstić information content (AvgIpc) is 2.55. The number of halogens is 1. The minimum atomic E-state index is -0.891. The van der Waals surface area contributed by atoms with E-state index in [1.54, 1.807) is 38.4 Å². The molecule has 0 N–H and O–H groups in total. The number of carbonyl (C=O) groups excluding carboxylic acids is 3. The van der Waals surface area contributed by atoms with Crippen molar-refractivity contribution in [3.8, 4) is 0 Å². The van der Waals surface area contributed by atoms with Gasteiger partial charge >= 0.3 is 18.1 Å². The fourth-order valence-corrected chi connectivity index (χ4v) is 2.64. The predicted molar refractivity (Wildman–Crippen MR) is 90.9 cm³/mol. The molecule has 1 fully saturated rings. The number of imide groups is 1. The van der Waals surface area contributed by atoms with Gasteiger partial charge in [-0.25, -0.2) is 19.3 Å². The maximum atomic E-state index is 12.7. The van der Waals surface area contributed by atoms with Gasteiger partial charge in [-0.1, -0.05) is 11.6 Å². The summed E-state index contributed by atoms with van der Waals surface area (Å²) in [5, 5.41) is 0.522. The lowest BCUT2D eigenvalue weighted by atomic mass is 10.2. The average molecular weight is 354 g/mol. The lowest BCUT2D eigenvalue weighted by Crippen LogP contribution is -2.70. The van der Waals surface area contributed by atoms with Gasteiger partial charge < -0.3 is 4.90 Å². The lowest BCUT2D eigenvalue weighted by Gasteiger charge is -2.47. The van der Waals surface area contributed by atoms with Crippen LogP contribution in [-0.4, -0.2) is 79.2 Å². The second-order valence-corrected chi connectivity index (χ2v) is 6.15. The van der Waals surface area contributed by atoms with Crippen LogP contribution >= 0.6 is 11.6 Å². The number of benzene rings is 1. The molecule has 1 aromatic rings. The molecule has 0 aliphatic carbocycles. The first kappa shape index (κ1) is 17.9. The molecule has 1 aliphatic heterocycles. The van der Waals surface area contributed by atoms with Crippen LogP contribution in [0.15, 0.2) is 24.3 Å². The molecular formula is C15H20ClN5O3. The summed E-state index contributed by atoms with van der Waals surface area (Å²) in [4.78, 5) is 43.8. The van der Waals surface area contributed by atoms with Crippen molar-refractivity contribution in [1.29, 1.82) is 0 Å². The molecule has 0 radical (unpaired) electrons. The van der Waals surface area contributed by atoms with Crippen LogP contribution in [0.2, 0.25) is 5.02 Å². The Labute approximate surface area is 145 Å². The third kappa shape index (κ3) is 2.96. The summed E-state index contributed by atoms with van der Waals surface area (Å²) in [5.41, 5.74) is 0.520. The molecule has 0 unspecified atom stereocenters. The molecule has 0 bridgehead atoms. The van der Waals surface area contributed by atoms with Gasteiger partial charge in [-0.3, -0.25) is 14.7 Å². The fourth-order valence-electron chi connectivity index (χ4n) is 2.52. The van der Waals surface area contributed by atoms with E-state index in [-0.39, 0.29) is 6.03 Å². The maximum absolute atomic E-state index is 12.7. The van der Waals surface area contributed by atoms with E-state index < -0.39 is 18.4 Å². The maximum Gasteiger partial charge on any atom is 0.330 e. The van der Waals surface area contributed by atoms with Crippen LogP contribution in [0, 0.1) is 0 Å². The van der Waals surface area contributed by atoms with Crippen molar-refractivity contribution >= 4 is 35.4 Å². The van der Waals surface area contributed by atoms with E-state index in [9.17, 15) is 14.4 Å². The number of amides is 6. The van der Waals surface area contributed by atoms with Gasteiger partial charge in [0.15, 0.2) is 6.29 Å². The highest BCUT2D eigenvalue weighted by molar-refractivity contribution is 6.30. The van der Waals surface area contributed by atoms with Crippen molar-refractivity contribution in [1.82, 2.24) is 19.6 Å². The van der Waals surface area contributed by atoms with Gasteiger partial charge in [0.2, 0.25) is 0 Å². The van der Waals surface area contributed by atoms with E-state index in [0.717, 1.165) is 4.90 Å². The van der Waals surface area contributed by atoms with Gasteiger partial charge in [0.1, 0.15) is 0 Å². The Morgan fingerprint density at radius 3 is 1.88 bits per heavy atom. The molecule has 24 heavy (non-hydrogen) atoms. The molecule has 0 atom stereocenters. The Kier molecular flexibility index (Phi) is 4.88. The van der Waals surface area contributed by atoms with Gasteiger partial charge in [-0.15, -0.1) is 0 Å². The monoisotopic (exact) mass is 353 g/mol. The highest BCUT2D eigenvalue weighted by Crippen LogP contribution is 2.26. The van der Waals surface area contributed by atoms with E-state index in [4.69, 9.17) is 11.6 Å². The number of rotatable bonds is 2. The van der Waals surface area contributed by atoms with Crippen LogP contribution in [-0.2, 0) is 0 Å². The number of hydrogen-bond donors (Lipinski definition) is 0. The molecule has 1 saturated heterocycles. The Morgan fingerprint density at radius 1 is 1.00 bits per heavy atom. The van der Waals surface area contributed by atoms with Gasteiger partial charge in [0, 0.05) is 45.9 Å². The zero-order valence-corrected chi connectivity index (χ0v) is 15.0.